The first kappa shape index (κ1) is 19.7. The van der Waals surface area contributed by atoms with Gasteiger partial charge in [0, 0.05) is 37.9 Å². The lowest BCUT2D eigenvalue weighted by Crippen LogP contribution is -2.56. The zero-order valence-corrected chi connectivity index (χ0v) is 17.4. The molecule has 1 saturated carbocycles. The molecule has 2 heterocycles. The molecule has 0 radical (unpaired) electrons. The lowest BCUT2D eigenvalue weighted by atomic mass is 9.63. The molecule has 31 heavy (non-hydrogen) atoms. The van der Waals surface area contributed by atoms with E-state index in [4.69, 9.17) is 4.98 Å². The van der Waals surface area contributed by atoms with E-state index in [1.165, 1.54) is 12.1 Å². The topological polar surface area (TPSA) is 49.3 Å². The summed E-state index contributed by atoms with van der Waals surface area (Å²) >= 11 is 0. The number of rotatable bonds is 4. The van der Waals surface area contributed by atoms with Crippen LogP contribution in [0.4, 0.5) is 10.2 Å². The Balaban J connectivity index is 1.28. The molecule has 5 nitrogen and oxygen atoms in total. The SMILES string of the molecule is O=C(N1CCN(c2ccnc(-c3ccccc3)n2)CC1)C1(c2ccc(F)cc2)CCC1. The predicted molar refractivity (Wildman–Crippen MR) is 118 cm³/mol. The Bertz CT molecular complexity index is 1060. The van der Waals surface area contributed by atoms with E-state index in [0.29, 0.717) is 18.9 Å². The average molecular weight is 417 g/mol. The van der Waals surface area contributed by atoms with Crippen molar-refractivity contribution in [3.63, 3.8) is 0 Å². The summed E-state index contributed by atoms with van der Waals surface area (Å²) in [5, 5.41) is 0. The van der Waals surface area contributed by atoms with Gasteiger partial charge in [0.05, 0.1) is 5.41 Å². The van der Waals surface area contributed by atoms with Gasteiger partial charge in [-0.05, 0) is 36.6 Å². The largest absolute Gasteiger partial charge is 0.353 e. The summed E-state index contributed by atoms with van der Waals surface area (Å²) in [5.41, 5.74) is 1.45. The lowest BCUT2D eigenvalue weighted by molar-refractivity contribution is -0.141. The van der Waals surface area contributed by atoms with Gasteiger partial charge in [-0.15, -0.1) is 0 Å². The van der Waals surface area contributed by atoms with Crippen LogP contribution < -0.4 is 4.90 Å². The number of aromatic nitrogens is 2. The van der Waals surface area contributed by atoms with Crippen molar-refractivity contribution in [3.05, 3.63) is 78.2 Å². The first-order chi connectivity index (χ1) is 15.2. The number of anilines is 1. The number of hydrogen-bond donors (Lipinski definition) is 0. The second kappa shape index (κ2) is 8.10. The molecule has 0 atom stereocenters. The number of hydrogen-bond acceptors (Lipinski definition) is 4. The highest BCUT2D eigenvalue weighted by Gasteiger charge is 2.48. The van der Waals surface area contributed by atoms with E-state index < -0.39 is 5.41 Å². The maximum atomic E-state index is 13.5. The van der Waals surface area contributed by atoms with Crippen LogP contribution in [0.3, 0.4) is 0 Å². The minimum Gasteiger partial charge on any atom is -0.353 e. The third-order valence-electron chi connectivity index (χ3n) is 6.58. The van der Waals surface area contributed by atoms with Crippen LogP contribution in [0, 0.1) is 5.82 Å². The molecule has 0 N–H and O–H groups in total. The van der Waals surface area contributed by atoms with Crippen molar-refractivity contribution in [1.82, 2.24) is 14.9 Å². The van der Waals surface area contributed by atoms with Gasteiger partial charge in [-0.1, -0.05) is 48.9 Å². The van der Waals surface area contributed by atoms with Gasteiger partial charge in [0.15, 0.2) is 5.82 Å². The Morgan fingerprint density at radius 3 is 2.26 bits per heavy atom. The third kappa shape index (κ3) is 3.67. The second-order valence-corrected chi connectivity index (χ2v) is 8.33. The summed E-state index contributed by atoms with van der Waals surface area (Å²) in [6, 6.07) is 18.3. The van der Waals surface area contributed by atoms with Gasteiger partial charge < -0.3 is 9.80 Å². The fourth-order valence-corrected chi connectivity index (χ4v) is 4.62. The van der Waals surface area contributed by atoms with E-state index in [9.17, 15) is 9.18 Å². The van der Waals surface area contributed by atoms with Crippen molar-refractivity contribution >= 4 is 11.7 Å². The fraction of sp³-hybridized carbons (Fsp3) is 0.320. The molecule has 1 amide bonds. The number of carbonyl (C=O) groups excluding carboxylic acids is 1. The van der Waals surface area contributed by atoms with Gasteiger partial charge in [-0.3, -0.25) is 4.79 Å². The fourth-order valence-electron chi connectivity index (χ4n) is 4.62. The maximum Gasteiger partial charge on any atom is 0.233 e. The van der Waals surface area contributed by atoms with E-state index in [0.717, 1.165) is 49.3 Å². The average Bonchev–Trinajstić information content (AvgIpc) is 2.80. The number of carbonyl (C=O) groups is 1. The molecule has 2 aliphatic rings. The Kier molecular flexibility index (Phi) is 5.14. The van der Waals surface area contributed by atoms with Gasteiger partial charge in [0.1, 0.15) is 11.6 Å². The smallest absolute Gasteiger partial charge is 0.233 e. The lowest BCUT2D eigenvalue weighted by Gasteiger charge is -2.46. The number of halogens is 1. The molecule has 1 aromatic heterocycles. The molecule has 0 bridgehead atoms. The van der Waals surface area contributed by atoms with Gasteiger partial charge in [-0.25, -0.2) is 14.4 Å². The molecule has 2 fully saturated rings. The molecule has 0 unspecified atom stereocenters. The Morgan fingerprint density at radius 1 is 0.903 bits per heavy atom. The van der Waals surface area contributed by atoms with Crippen molar-refractivity contribution in [2.75, 3.05) is 31.1 Å². The third-order valence-corrected chi connectivity index (χ3v) is 6.58. The Hall–Kier alpha value is -3.28. The van der Waals surface area contributed by atoms with Crippen LogP contribution in [0.15, 0.2) is 66.9 Å². The van der Waals surface area contributed by atoms with Crippen molar-refractivity contribution in [3.8, 4) is 11.4 Å². The molecule has 0 spiro atoms. The molecule has 1 aliphatic heterocycles. The molecular weight excluding hydrogens is 391 g/mol. The predicted octanol–water partition coefficient (Wildman–Crippen LogP) is 4.05. The summed E-state index contributed by atoms with van der Waals surface area (Å²) in [6.07, 6.45) is 4.50. The molecule has 3 aromatic rings. The van der Waals surface area contributed by atoms with Crippen LogP contribution in [0.5, 0.6) is 0 Å². The second-order valence-electron chi connectivity index (χ2n) is 8.33. The van der Waals surface area contributed by atoms with E-state index in [1.807, 2.05) is 41.3 Å². The molecule has 158 valence electrons. The molecule has 1 saturated heterocycles. The molecule has 1 aliphatic carbocycles. The van der Waals surface area contributed by atoms with Crippen LogP contribution in [0.25, 0.3) is 11.4 Å². The van der Waals surface area contributed by atoms with E-state index in [1.54, 1.807) is 18.3 Å². The Morgan fingerprint density at radius 2 is 1.61 bits per heavy atom. The zero-order valence-electron chi connectivity index (χ0n) is 17.4. The highest BCUT2D eigenvalue weighted by molar-refractivity contribution is 5.89. The number of nitrogens with zero attached hydrogens (tertiary/aromatic N) is 4. The van der Waals surface area contributed by atoms with E-state index in [-0.39, 0.29) is 11.7 Å². The minimum atomic E-state index is -0.481. The summed E-state index contributed by atoms with van der Waals surface area (Å²) in [6.45, 7) is 2.78. The van der Waals surface area contributed by atoms with Crippen molar-refractivity contribution in [2.45, 2.75) is 24.7 Å². The molecule has 2 aromatic carbocycles. The normalized spacial score (nSPS) is 17.8. The van der Waals surface area contributed by atoms with Gasteiger partial charge >= 0.3 is 0 Å². The van der Waals surface area contributed by atoms with Crippen molar-refractivity contribution in [2.24, 2.45) is 0 Å². The summed E-state index contributed by atoms with van der Waals surface area (Å²) in [5.74, 6) is 1.51. The number of benzene rings is 2. The highest BCUT2D eigenvalue weighted by Crippen LogP contribution is 2.45. The minimum absolute atomic E-state index is 0.178. The monoisotopic (exact) mass is 416 g/mol. The highest BCUT2D eigenvalue weighted by atomic mass is 19.1. The van der Waals surface area contributed by atoms with Crippen LogP contribution >= 0.6 is 0 Å². The van der Waals surface area contributed by atoms with Crippen LogP contribution in [0.1, 0.15) is 24.8 Å². The van der Waals surface area contributed by atoms with Crippen LogP contribution in [-0.2, 0) is 10.2 Å². The number of amides is 1. The zero-order chi connectivity index (χ0) is 21.3. The number of piperazine rings is 1. The first-order valence-electron chi connectivity index (χ1n) is 10.8. The molecular formula is C25H25FN4O. The summed E-state index contributed by atoms with van der Waals surface area (Å²) < 4.78 is 13.4. The first-order valence-corrected chi connectivity index (χ1v) is 10.8. The molecule has 5 rings (SSSR count). The van der Waals surface area contributed by atoms with E-state index >= 15 is 0 Å². The van der Waals surface area contributed by atoms with Gasteiger partial charge in [0.2, 0.25) is 5.91 Å². The van der Waals surface area contributed by atoms with Gasteiger partial charge in [-0.2, -0.15) is 0 Å². The maximum absolute atomic E-state index is 13.5. The van der Waals surface area contributed by atoms with E-state index in [2.05, 4.69) is 9.88 Å². The molecule has 6 heteroatoms. The standard InChI is InChI=1S/C25H25FN4O/c26-21-9-7-20(8-10-21)25(12-4-13-25)24(31)30-17-15-29(16-18-30)22-11-14-27-23(28-22)19-5-2-1-3-6-19/h1-3,5-11,14H,4,12-13,15-18H2. The van der Waals surface area contributed by atoms with Crippen molar-refractivity contribution in [1.29, 1.82) is 0 Å². The summed E-state index contributed by atoms with van der Waals surface area (Å²) in [7, 11) is 0. The van der Waals surface area contributed by atoms with Gasteiger partial charge in [0.25, 0.3) is 0 Å². The summed E-state index contributed by atoms with van der Waals surface area (Å²) in [4.78, 5) is 26.8. The van der Waals surface area contributed by atoms with Crippen LogP contribution in [-0.4, -0.2) is 47.0 Å². The van der Waals surface area contributed by atoms with Crippen LogP contribution in [0.2, 0.25) is 0 Å². The van der Waals surface area contributed by atoms with Crippen molar-refractivity contribution < 1.29 is 9.18 Å². The Labute approximate surface area is 181 Å². The quantitative estimate of drug-likeness (QED) is 0.644.